The highest BCUT2D eigenvalue weighted by Gasteiger charge is 2.20. The Hall–Kier alpha value is -3.65. The third-order valence-electron chi connectivity index (χ3n) is 5.45. The number of carbonyl (C=O) groups is 2. The maximum absolute atomic E-state index is 13.1. The molecule has 0 saturated carbocycles. The first-order chi connectivity index (χ1) is 16.1. The van der Waals surface area contributed by atoms with E-state index >= 15 is 0 Å². The van der Waals surface area contributed by atoms with E-state index in [-0.39, 0.29) is 16.4 Å². The second-order valence-corrected chi connectivity index (χ2v) is 9.79. The van der Waals surface area contributed by atoms with Crippen molar-refractivity contribution in [3.8, 4) is 0 Å². The predicted octanol–water partition coefficient (Wildman–Crippen LogP) is 4.80. The first kappa shape index (κ1) is 25.0. The number of benzene rings is 3. The van der Waals surface area contributed by atoms with Crippen LogP contribution in [0.4, 0.5) is 11.4 Å². The lowest BCUT2D eigenvalue weighted by atomic mass is 10.1. The molecule has 0 atom stereocenters. The average molecular weight is 480 g/mol. The van der Waals surface area contributed by atoms with Gasteiger partial charge in [0.05, 0.1) is 16.1 Å². The molecule has 0 heterocycles. The number of para-hydroxylation sites is 1. The first-order valence-corrected chi connectivity index (χ1v) is 12.5. The van der Waals surface area contributed by atoms with Crippen molar-refractivity contribution in [2.45, 2.75) is 39.0 Å². The van der Waals surface area contributed by atoms with Crippen molar-refractivity contribution >= 4 is 33.2 Å². The molecule has 3 aromatic rings. The summed E-state index contributed by atoms with van der Waals surface area (Å²) in [7, 11) is -3.93. The molecule has 0 saturated heterocycles. The second-order valence-electron chi connectivity index (χ2n) is 8.14. The lowest BCUT2D eigenvalue weighted by Crippen LogP contribution is -2.26. The molecule has 0 aromatic heterocycles. The highest BCUT2D eigenvalue weighted by atomic mass is 32.2. The van der Waals surface area contributed by atoms with Crippen LogP contribution in [0.25, 0.3) is 0 Å². The normalized spacial score (nSPS) is 11.1. The van der Waals surface area contributed by atoms with Gasteiger partial charge in [-0.3, -0.25) is 14.3 Å². The van der Waals surface area contributed by atoms with E-state index in [1.165, 1.54) is 6.07 Å². The number of hydrogen-bond donors (Lipinski definition) is 3. The van der Waals surface area contributed by atoms with Crippen molar-refractivity contribution in [1.29, 1.82) is 0 Å². The number of anilines is 2. The van der Waals surface area contributed by atoms with Gasteiger partial charge in [-0.05, 0) is 80.3 Å². The zero-order chi connectivity index (χ0) is 24.9. The topological polar surface area (TPSA) is 104 Å². The van der Waals surface area contributed by atoms with Crippen molar-refractivity contribution in [2.75, 3.05) is 16.6 Å². The van der Waals surface area contributed by atoms with Crippen molar-refractivity contribution in [1.82, 2.24) is 5.32 Å². The standard InChI is InChI=1S/C26H29N3O4S/c1-5-14-27-26(31)22-8-6-7-9-23(22)28-25(30)20-12-10-18(3)24(16-20)34(32,33)29-21-13-11-17(2)19(4)15-21/h6-13,15-16,29H,5,14H2,1-4H3,(H,27,31)(H,28,30). The first-order valence-electron chi connectivity index (χ1n) is 11.0. The summed E-state index contributed by atoms with van der Waals surface area (Å²) in [5, 5.41) is 5.52. The van der Waals surface area contributed by atoms with E-state index in [9.17, 15) is 18.0 Å². The van der Waals surface area contributed by atoms with E-state index < -0.39 is 15.9 Å². The van der Waals surface area contributed by atoms with Gasteiger partial charge in [0, 0.05) is 17.8 Å². The van der Waals surface area contributed by atoms with Crippen LogP contribution in [0.1, 0.15) is 50.8 Å². The Bertz CT molecular complexity index is 1330. The number of hydrogen-bond acceptors (Lipinski definition) is 4. The quantitative estimate of drug-likeness (QED) is 0.431. The van der Waals surface area contributed by atoms with Crippen molar-refractivity contribution in [2.24, 2.45) is 0 Å². The Kier molecular flexibility index (Phi) is 7.73. The summed E-state index contributed by atoms with van der Waals surface area (Å²) in [5.74, 6) is -0.805. The Morgan fingerprint density at radius 1 is 0.824 bits per heavy atom. The monoisotopic (exact) mass is 479 g/mol. The van der Waals surface area contributed by atoms with Crippen LogP contribution in [0.2, 0.25) is 0 Å². The lowest BCUT2D eigenvalue weighted by molar-refractivity contribution is 0.0954. The molecule has 7 nitrogen and oxygen atoms in total. The summed E-state index contributed by atoms with van der Waals surface area (Å²) in [5.41, 5.74) is 3.82. The number of aryl methyl sites for hydroxylation is 3. The maximum atomic E-state index is 13.1. The highest BCUT2D eigenvalue weighted by molar-refractivity contribution is 7.92. The molecule has 0 spiro atoms. The van der Waals surface area contributed by atoms with Crippen LogP contribution in [0.15, 0.2) is 65.6 Å². The molecule has 0 bridgehead atoms. The van der Waals surface area contributed by atoms with Crippen LogP contribution < -0.4 is 15.4 Å². The summed E-state index contributed by atoms with van der Waals surface area (Å²) in [6, 6.07) is 16.5. The molecular weight excluding hydrogens is 450 g/mol. The van der Waals surface area contributed by atoms with Crippen molar-refractivity contribution < 1.29 is 18.0 Å². The second kappa shape index (κ2) is 10.5. The third-order valence-corrected chi connectivity index (χ3v) is 6.98. The number of carbonyl (C=O) groups excluding carboxylic acids is 2. The van der Waals surface area contributed by atoms with Crippen LogP contribution >= 0.6 is 0 Å². The molecule has 34 heavy (non-hydrogen) atoms. The molecule has 0 radical (unpaired) electrons. The molecule has 0 unspecified atom stereocenters. The van der Waals surface area contributed by atoms with Crippen LogP contribution in [0, 0.1) is 20.8 Å². The fourth-order valence-electron chi connectivity index (χ4n) is 3.36. The summed E-state index contributed by atoms with van der Waals surface area (Å²) >= 11 is 0. The molecule has 0 fully saturated rings. The van der Waals surface area contributed by atoms with Crippen LogP contribution in [-0.2, 0) is 10.0 Å². The Morgan fingerprint density at radius 3 is 2.24 bits per heavy atom. The molecule has 0 aliphatic carbocycles. The number of rotatable bonds is 8. The Balaban J connectivity index is 1.87. The zero-order valence-corrected chi connectivity index (χ0v) is 20.5. The van der Waals surface area contributed by atoms with Crippen molar-refractivity contribution in [3.05, 3.63) is 88.5 Å². The minimum absolute atomic E-state index is 0.00681. The van der Waals surface area contributed by atoms with Gasteiger partial charge in [-0.1, -0.05) is 31.2 Å². The van der Waals surface area contributed by atoms with E-state index in [1.807, 2.05) is 26.8 Å². The summed E-state index contributed by atoms with van der Waals surface area (Å²) in [4.78, 5) is 25.4. The van der Waals surface area contributed by atoms with E-state index in [0.29, 0.717) is 29.0 Å². The molecule has 0 aliphatic heterocycles. The number of amides is 2. The zero-order valence-electron chi connectivity index (χ0n) is 19.7. The van der Waals surface area contributed by atoms with E-state index in [1.54, 1.807) is 55.5 Å². The smallest absolute Gasteiger partial charge is 0.262 e. The van der Waals surface area contributed by atoms with E-state index in [4.69, 9.17) is 0 Å². The maximum Gasteiger partial charge on any atom is 0.262 e. The molecule has 3 aromatic carbocycles. The average Bonchev–Trinajstić information content (AvgIpc) is 2.80. The van der Waals surface area contributed by atoms with Gasteiger partial charge in [0.1, 0.15) is 0 Å². The van der Waals surface area contributed by atoms with Gasteiger partial charge in [0.15, 0.2) is 0 Å². The summed E-state index contributed by atoms with van der Waals surface area (Å²) < 4.78 is 28.8. The van der Waals surface area contributed by atoms with E-state index in [0.717, 1.165) is 17.5 Å². The molecular formula is C26H29N3O4S. The third kappa shape index (κ3) is 5.82. The van der Waals surface area contributed by atoms with Gasteiger partial charge in [0.25, 0.3) is 21.8 Å². The van der Waals surface area contributed by atoms with Gasteiger partial charge >= 0.3 is 0 Å². The van der Waals surface area contributed by atoms with E-state index in [2.05, 4.69) is 15.4 Å². The van der Waals surface area contributed by atoms with Gasteiger partial charge in [-0.25, -0.2) is 8.42 Å². The van der Waals surface area contributed by atoms with Gasteiger partial charge < -0.3 is 10.6 Å². The number of nitrogens with one attached hydrogen (secondary N) is 3. The highest BCUT2D eigenvalue weighted by Crippen LogP contribution is 2.23. The molecule has 2 amide bonds. The fourth-order valence-corrected chi connectivity index (χ4v) is 4.69. The minimum atomic E-state index is -3.93. The number of sulfonamides is 1. The summed E-state index contributed by atoms with van der Waals surface area (Å²) in [6.07, 6.45) is 0.789. The lowest BCUT2D eigenvalue weighted by Gasteiger charge is -2.14. The van der Waals surface area contributed by atoms with Gasteiger partial charge in [0.2, 0.25) is 0 Å². The Morgan fingerprint density at radius 2 is 1.53 bits per heavy atom. The largest absolute Gasteiger partial charge is 0.352 e. The van der Waals surface area contributed by atoms with Crippen molar-refractivity contribution in [3.63, 3.8) is 0 Å². The molecule has 8 heteroatoms. The molecule has 178 valence electrons. The fraction of sp³-hybridized carbons (Fsp3) is 0.231. The predicted molar refractivity (Wildman–Crippen MR) is 135 cm³/mol. The molecule has 3 N–H and O–H groups in total. The molecule has 0 aliphatic rings. The van der Waals surface area contributed by atoms with Crippen LogP contribution in [0.3, 0.4) is 0 Å². The summed E-state index contributed by atoms with van der Waals surface area (Å²) in [6.45, 7) is 8.00. The molecule has 3 rings (SSSR count). The van der Waals surface area contributed by atoms with Crippen LogP contribution in [0.5, 0.6) is 0 Å². The Labute approximate surface area is 200 Å². The SMILES string of the molecule is CCCNC(=O)c1ccccc1NC(=O)c1ccc(C)c(S(=O)(=O)Nc2ccc(C)c(C)c2)c1. The minimum Gasteiger partial charge on any atom is -0.352 e. The van der Waals surface area contributed by atoms with Gasteiger partial charge in [-0.15, -0.1) is 0 Å². The van der Waals surface area contributed by atoms with Gasteiger partial charge in [-0.2, -0.15) is 0 Å². The van der Waals surface area contributed by atoms with Crippen LogP contribution in [-0.4, -0.2) is 26.8 Å².